The Kier molecular flexibility index (Phi) is 4.81. The fourth-order valence-corrected chi connectivity index (χ4v) is 3.52. The Morgan fingerprint density at radius 2 is 1.96 bits per heavy atom. The minimum Gasteiger partial charge on any atom is -0.360 e. The van der Waals surface area contributed by atoms with E-state index in [-0.39, 0.29) is 29.3 Å². The van der Waals surface area contributed by atoms with Crippen LogP contribution in [0.3, 0.4) is 0 Å². The number of rotatable bonds is 5. The summed E-state index contributed by atoms with van der Waals surface area (Å²) in [5.74, 6) is 0.161. The molecule has 1 heterocycles. The van der Waals surface area contributed by atoms with Gasteiger partial charge in [-0.1, -0.05) is 23.4 Å². The van der Waals surface area contributed by atoms with Gasteiger partial charge in [0.15, 0.2) is 5.76 Å². The second-order valence-electron chi connectivity index (χ2n) is 5.00. The van der Waals surface area contributed by atoms with Gasteiger partial charge in [-0.25, -0.2) is 13.1 Å². The molecule has 0 spiro atoms. The normalized spacial score (nSPS) is 12.6. The third-order valence-electron chi connectivity index (χ3n) is 3.20. The molecule has 1 N–H and O–H groups in total. The number of sulfonamides is 1. The highest BCUT2D eigenvalue weighted by molar-refractivity contribution is 7.89. The number of nitrogens with zero attached hydrogens (tertiary/aromatic N) is 1. The largest absolute Gasteiger partial charge is 0.416 e. The van der Waals surface area contributed by atoms with Crippen LogP contribution in [0.1, 0.15) is 22.6 Å². The van der Waals surface area contributed by atoms with Crippen molar-refractivity contribution in [3.8, 4) is 0 Å². The molecule has 0 aliphatic rings. The Labute approximate surface area is 131 Å². The zero-order valence-corrected chi connectivity index (χ0v) is 13.3. The lowest BCUT2D eigenvalue weighted by atomic mass is 10.1. The molecule has 0 aliphatic heterocycles. The van der Waals surface area contributed by atoms with Crippen LogP contribution in [0.4, 0.5) is 13.2 Å². The summed E-state index contributed by atoms with van der Waals surface area (Å²) < 4.78 is 69.3. The van der Waals surface area contributed by atoms with Crippen LogP contribution in [0.25, 0.3) is 0 Å². The minimum atomic E-state index is -4.42. The van der Waals surface area contributed by atoms with Gasteiger partial charge in [-0.3, -0.25) is 0 Å². The summed E-state index contributed by atoms with van der Waals surface area (Å²) in [6.45, 7) is 2.94. The molecule has 2 aromatic rings. The van der Waals surface area contributed by atoms with Gasteiger partial charge in [-0.05, 0) is 31.9 Å². The third-order valence-corrected chi connectivity index (χ3v) is 4.90. The van der Waals surface area contributed by atoms with Crippen LogP contribution in [0, 0.1) is 13.8 Å². The SMILES string of the molecule is Cc1noc(C)c1S(=O)(=O)NCCc1cccc(C(F)(F)F)c1. The van der Waals surface area contributed by atoms with Gasteiger partial charge in [0, 0.05) is 6.54 Å². The fourth-order valence-electron chi connectivity index (χ4n) is 2.16. The number of hydrogen-bond donors (Lipinski definition) is 1. The highest BCUT2D eigenvalue weighted by Crippen LogP contribution is 2.29. The molecule has 126 valence electrons. The predicted octanol–water partition coefficient (Wildman–Crippen LogP) is 2.83. The van der Waals surface area contributed by atoms with Gasteiger partial charge < -0.3 is 4.52 Å². The van der Waals surface area contributed by atoms with Crippen LogP contribution in [-0.2, 0) is 22.6 Å². The molecular formula is C14H15F3N2O3S. The van der Waals surface area contributed by atoms with Gasteiger partial charge >= 0.3 is 6.18 Å². The van der Waals surface area contributed by atoms with Crippen LogP contribution in [0.15, 0.2) is 33.7 Å². The third kappa shape index (κ3) is 4.11. The number of nitrogens with one attached hydrogen (secondary N) is 1. The van der Waals surface area contributed by atoms with E-state index >= 15 is 0 Å². The van der Waals surface area contributed by atoms with Crippen molar-refractivity contribution in [3.05, 3.63) is 46.8 Å². The first-order valence-corrected chi connectivity index (χ1v) is 8.18. The molecule has 1 aromatic carbocycles. The summed E-state index contributed by atoms with van der Waals surface area (Å²) in [6.07, 6.45) is -4.29. The lowest BCUT2D eigenvalue weighted by Crippen LogP contribution is -2.26. The molecule has 2 rings (SSSR count). The van der Waals surface area contributed by atoms with Crippen molar-refractivity contribution in [1.82, 2.24) is 9.88 Å². The van der Waals surface area contributed by atoms with Gasteiger partial charge in [0.05, 0.1) is 5.56 Å². The van der Waals surface area contributed by atoms with Crippen LogP contribution < -0.4 is 4.72 Å². The van der Waals surface area contributed by atoms with E-state index in [0.717, 1.165) is 12.1 Å². The zero-order chi connectivity index (χ0) is 17.3. The number of alkyl halides is 3. The summed E-state index contributed by atoms with van der Waals surface area (Å²) in [5, 5.41) is 3.57. The number of hydrogen-bond acceptors (Lipinski definition) is 4. The first kappa shape index (κ1) is 17.5. The lowest BCUT2D eigenvalue weighted by molar-refractivity contribution is -0.137. The molecule has 9 heteroatoms. The van der Waals surface area contributed by atoms with Gasteiger partial charge in [0.25, 0.3) is 0 Å². The van der Waals surface area contributed by atoms with Gasteiger partial charge in [0.2, 0.25) is 10.0 Å². The monoisotopic (exact) mass is 348 g/mol. The number of aryl methyl sites for hydroxylation is 2. The first-order valence-electron chi connectivity index (χ1n) is 6.70. The van der Waals surface area contributed by atoms with Crippen molar-refractivity contribution in [2.24, 2.45) is 0 Å². The molecule has 0 radical (unpaired) electrons. The van der Waals surface area contributed by atoms with E-state index in [0.29, 0.717) is 5.56 Å². The summed E-state index contributed by atoms with van der Waals surface area (Å²) in [6, 6.07) is 4.78. The highest BCUT2D eigenvalue weighted by Gasteiger charge is 2.30. The van der Waals surface area contributed by atoms with Gasteiger partial charge in [0.1, 0.15) is 10.6 Å². The maximum absolute atomic E-state index is 12.6. The van der Waals surface area contributed by atoms with Crippen molar-refractivity contribution in [3.63, 3.8) is 0 Å². The van der Waals surface area contributed by atoms with E-state index in [4.69, 9.17) is 4.52 Å². The molecule has 0 bridgehead atoms. The zero-order valence-electron chi connectivity index (χ0n) is 12.4. The average Bonchev–Trinajstić information content (AvgIpc) is 2.78. The van der Waals surface area contributed by atoms with Crippen LogP contribution in [0.2, 0.25) is 0 Å². The Hall–Kier alpha value is -1.87. The molecule has 0 saturated heterocycles. The molecule has 5 nitrogen and oxygen atoms in total. The average molecular weight is 348 g/mol. The maximum Gasteiger partial charge on any atom is 0.416 e. The van der Waals surface area contributed by atoms with E-state index in [1.165, 1.54) is 26.0 Å². The lowest BCUT2D eigenvalue weighted by Gasteiger charge is -2.09. The summed E-state index contributed by atoms with van der Waals surface area (Å²) >= 11 is 0. The van der Waals surface area contributed by atoms with E-state index in [2.05, 4.69) is 9.88 Å². The van der Waals surface area contributed by atoms with E-state index in [1.54, 1.807) is 0 Å². The maximum atomic E-state index is 12.6. The van der Waals surface area contributed by atoms with Crippen molar-refractivity contribution in [2.45, 2.75) is 31.3 Å². The van der Waals surface area contributed by atoms with Crippen molar-refractivity contribution in [2.75, 3.05) is 6.54 Å². The van der Waals surface area contributed by atoms with Crippen LogP contribution >= 0.6 is 0 Å². The Balaban J connectivity index is 2.06. The molecule has 0 unspecified atom stereocenters. The van der Waals surface area contributed by atoms with Gasteiger partial charge in [-0.2, -0.15) is 13.2 Å². The topological polar surface area (TPSA) is 72.2 Å². The summed E-state index contributed by atoms with van der Waals surface area (Å²) in [5.41, 5.74) is -0.140. The highest BCUT2D eigenvalue weighted by atomic mass is 32.2. The molecule has 0 fully saturated rings. The van der Waals surface area contributed by atoms with E-state index < -0.39 is 21.8 Å². The van der Waals surface area contributed by atoms with Crippen LogP contribution in [-0.4, -0.2) is 20.1 Å². The molecule has 0 atom stereocenters. The molecule has 1 aromatic heterocycles. The fraction of sp³-hybridized carbons (Fsp3) is 0.357. The molecule has 0 amide bonds. The van der Waals surface area contributed by atoms with Crippen molar-refractivity contribution < 1.29 is 26.1 Å². The Bertz CT molecular complexity index is 778. The number of aromatic nitrogens is 1. The first-order chi connectivity index (χ1) is 10.6. The van der Waals surface area contributed by atoms with Crippen LogP contribution in [0.5, 0.6) is 0 Å². The number of halogens is 3. The van der Waals surface area contributed by atoms with E-state index in [1.807, 2.05) is 0 Å². The molecule has 0 aliphatic carbocycles. The quantitative estimate of drug-likeness (QED) is 0.902. The number of benzene rings is 1. The second-order valence-corrected chi connectivity index (χ2v) is 6.70. The standard InChI is InChI=1S/C14H15F3N2O3S/c1-9-13(10(2)22-19-9)23(20,21)18-7-6-11-4-3-5-12(8-11)14(15,16)17/h3-5,8,18H,6-7H2,1-2H3. The second kappa shape index (κ2) is 6.32. The molecule has 23 heavy (non-hydrogen) atoms. The van der Waals surface area contributed by atoms with Crippen molar-refractivity contribution in [1.29, 1.82) is 0 Å². The van der Waals surface area contributed by atoms with Crippen molar-refractivity contribution >= 4 is 10.0 Å². The summed E-state index contributed by atoms with van der Waals surface area (Å²) in [4.78, 5) is -0.0402. The Morgan fingerprint density at radius 3 is 2.52 bits per heavy atom. The predicted molar refractivity (Wildman–Crippen MR) is 76.3 cm³/mol. The summed E-state index contributed by atoms with van der Waals surface area (Å²) in [7, 11) is -3.82. The van der Waals surface area contributed by atoms with E-state index in [9.17, 15) is 21.6 Å². The minimum absolute atomic E-state index is 0.0340. The van der Waals surface area contributed by atoms with Gasteiger partial charge in [-0.15, -0.1) is 0 Å². The smallest absolute Gasteiger partial charge is 0.360 e. The Morgan fingerprint density at radius 1 is 1.26 bits per heavy atom. The molecule has 0 saturated carbocycles. The molecular weight excluding hydrogens is 333 g/mol.